The highest BCUT2D eigenvalue weighted by Crippen LogP contribution is 2.38. The van der Waals surface area contributed by atoms with Crippen molar-refractivity contribution in [1.82, 2.24) is 34.9 Å². The van der Waals surface area contributed by atoms with Crippen molar-refractivity contribution in [1.29, 1.82) is 0 Å². The number of carboxylic acid groups (broad SMARTS) is 1. The third-order valence-electron chi connectivity index (χ3n) is 7.47. The van der Waals surface area contributed by atoms with Crippen molar-refractivity contribution in [3.8, 4) is 17.3 Å². The first-order chi connectivity index (χ1) is 17.1. The number of nitrogens with one attached hydrogen (secondary N) is 1. The van der Waals surface area contributed by atoms with E-state index in [0.29, 0.717) is 54.8 Å². The van der Waals surface area contributed by atoms with E-state index >= 15 is 0 Å². The first kappa shape index (κ1) is 24.0. The molecule has 11 heteroatoms. The van der Waals surface area contributed by atoms with Gasteiger partial charge >= 0.3 is 6.09 Å². The minimum absolute atomic E-state index is 0.00283. The van der Waals surface area contributed by atoms with Crippen molar-refractivity contribution in [3.63, 3.8) is 0 Å². The number of likely N-dealkylation sites (tertiary alicyclic amines) is 2. The molecule has 5 heterocycles. The monoisotopic (exact) mass is 493 g/mol. The van der Waals surface area contributed by atoms with Gasteiger partial charge in [-0.25, -0.2) is 9.78 Å². The topological polar surface area (TPSA) is 148 Å². The molecule has 2 saturated heterocycles. The van der Waals surface area contributed by atoms with Crippen molar-refractivity contribution in [2.75, 3.05) is 19.6 Å². The zero-order valence-electron chi connectivity index (χ0n) is 20.7. The zero-order chi connectivity index (χ0) is 25.6. The molecule has 0 spiro atoms. The Morgan fingerprint density at radius 3 is 2.72 bits per heavy atom. The Labute approximate surface area is 208 Å². The maximum atomic E-state index is 13.5. The molecule has 0 saturated carbocycles. The number of aromatic amines is 1. The molecule has 3 atom stereocenters. The first-order valence-corrected chi connectivity index (χ1v) is 12.3. The number of H-pyrrole nitrogens is 1. The van der Waals surface area contributed by atoms with Crippen LogP contribution in [0.5, 0.6) is 5.88 Å². The van der Waals surface area contributed by atoms with Crippen molar-refractivity contribution < 1.29 is 19.8 Å². The van der Waals surface area contributed by atoms with E-state index in [0.717, 1.165) is 12.1 Å². The summed E-state index contributed by atoms with van der Waals surface area (Å²) in [7, 11) is 0. The van der Waals surface area contributed by atoms with Crippen molar-refractivity contribution in [2.24, 2.45) is 11.3 Å². The fraction of sp³-hybridized carbons (Fsp3) is 0.520. The Bertz CT molecular complexity index is 1300. The molecule has 0 radical (unpaired) electrons. The number of carbonyl (C=O) groups excluding carboxylic acids is 1. The van der Waals surface area contributed by atoms with E-state index in [2.05, 4.69) is 25.1 Å². The van der Waals surface area contributed by atoms with Gasteiger partial charge < -0.3 is 20.0 Å². The lowest BCUT2D eigenvalue weighted by Crippen LogP contribution is -2.53. The molecule has 2 aliphatic heterocycles. The molecule has 2 fully saturated rings. The number of carbonyl (C=O) groups is 2. The van der Waals surface area contributed by atoms with Gasteiger partial charge in [0.05, 0.1) is 28.4 Å². The first-order valence-electron chi connectivity index (χ1n) is 12.3. The molecule has 2 aliphatic rings. The van der Waals surface area contributed by atoms with Gasteiger partial charge in [-0.05, 0) is 30.7 Å². The van der Waals surface area contributed by atoms with Gasteiger partial charge in [-0.2, -0.15) is 10.1 Å². The predicted molar refractivity (Wildman–Crippen MR) is 131 cm³/mol. The normalized spacial score (nSPS) is 22.8. The van der Waals surface area contributed by atoms with E-state index in [1.54, 1.807) is 24.7 Å². The zero-order valence-corrected chi connectivity index (χ0v) is 20.7. The summed E-state index contributed by atoms with van der Waals surface area (Å²) in [4.78, 5) is 41.5. The number of hydrogen-bond donors (Lipinski definition) is 3. The van der Waals surface area contributed by atoms with E-state index in [1.165, 1.54) is 4.90 Å². The lowest BCUT2D eigenvalue weighted by Gasteiger charge is -2.44. The van der Waals surface area contributed by atoms with Crippen LogP contribution in [0.2, 0.25) is 0 Å². The largest absolute Gasteiger partial charge is 0.493 e. The van der Waals surface area contributed by atoms with E-state index in [4.69, 9.17) is 0 Å². The summed E-state index contributed by atoms with van der Waals surface area (Å²) in [5, 5.41) is 27.9. The molecule has 3 N–H and O–H groups in total. The third-order valence-corrected chi connectivity index (χ3v) is 7.47. The Hall–Kier alpha value is -3.76. The quantitative estimate of drug-likeness (QED) is 0.503. The lowest BCUT2D eigenvalue weighted by atomic mass is 9.76. The number of piperidine rings is 1. The second kappa shape index (κ2) is 9.03. The van der Waals surface area contributed by atoms with E-state index in [-0.39, 0.29) is 35.1 Å². The number of amides is 2. The third kappa shape index (κ3) is 4.33. The fourth-order valence-corrected chi connectivity index (χ4v) is 5.56. The smallest absolute Gasteiger partial charge is 0.407 e. The van der Waals surface area contributed by atoms with Gasteiger partial charge in [-0.3, -0.25) is 14.9 Å². The highest BCUT2D eigenvalue weighted by atomic mass is 16.4. The number of aromatic nitrogens is 5. The molecule has 11 nitrogen and oxygen atoms in total. The van der Waals surface area contributed by atoms with Crippen molar-refractivity contribution in [2.45, 2.75) is 52.0 Å². The Kier molecular flexibility index (Phi) is 6.01. The van der Waals surface area contributed by atoms with E-state index in [9.17, 15) is 19.8 Å². The summed E-state index contributed by atoms with van der Waals surface area (Å²) in [6, 6.07) is 1.46. The Morgan fingerprint density at radius 1 is 1.17 bits per heavy atom. The molecule has 2 amide bonds. The Morgan fingerprint density at radius 2 is 1.97 bits per heavy atom. The van der Waals surface area contributed by atoms with E-state index in [1.807, 2.05) is 25.7 Å². The minimum Gasteiger partial charge on any atom is -0.493 e. The van der Waals surface area contributed by atoms with Crippen LogP contribution in [0.3, 0.4) is 0 Å². The molecule has 190 valence electrons. The summed E-state index contributed by atoms with van der Waals surface area (Å²) in [5.74, 6) is 0.127. The molecule has 0 aromatic carbocycles. The summed E-state index contributed by atoms with van der Waals surface area (Å²) < 4.78 is 0. The van der Waals surface area contributed by atoms with Crippen LogP contribution in [-0.4, -0.2) is 82.8 Å². The number of rotatable bonds is 3. The standard InChI is InChI=1S/C25H31N7O4/c1-25(2,3)19-10-14(6-9-32(19)24(35)36)23(34)31-8-5-15(13-31)20-17(11-27-30-20)21-28-18-12-26-7-4-16(18)22(33)29-21/h4,7,11-12,14-15,19H,5-6,8-10,13H2,1-3H3,(H,27,30)(H,35,36)(H,28,29,33)/t14?,15-,19?/m0/s1. The molecule has 3 aromatic rings. The van der Waals surface area contributed by atoms with Crippen molar-refractivity contribution in [3.05, 3.63) is 30.4 Å². The van der Waals surface area contributed by atoms with Crippen LogP contribution in [0.15, 0.2) is 24.7 Å². The summed E-state index contributed by atoms with van der Waals surface area (Å²) in [6.07, 6.45) is 5.76. The van der Waals surface area contributed by atoms with E-state index < -0.39 is 6.09 Å². The second-order valence-electron chi connectivity index (χ2n) is 10.8. The molecule has 36 heavy (non-hydrogen) atoms. The van der Waals surface area contributed by atoms with Crippen LogP contribution in [0.1, 0.15) is 51.6 Å². The van der Waals surface area contributed by atoms with Gasteiger partial charge in [0.15, 0.2) is 5.82 Å². The maximum absolute atomic E-state index is 13.5. The SMILES string of the molecule is CC(C)(C)C1CC(C(=O)N2CC[C@H](c3n[nH]cc3-c3nc(O)c4ccncc4n3)C2)CCN1C(=O)O. The number of aromatic hydroxyl groups is 1. The van der Waals surface area contributed by atoms with Gasteiger partial charge in [-0.15, -0.1) is 0 Å². The van der Waals surface area contributed by atoms with Crippen LogP contribution >= 0.6 is 0 Å². The average Bonchev–Trinajstić information content (AvgIpc) is 3.52. The number of fused-ring (bicyclic) bond motifs is 1. The minimum atomic E-state index is -0.925. The van der Waals surface area contributed by atoms with Crippen LogP contribution in [0.25, 0.3) is 22.3 Å². The molecular formula is C25H31N7O4. The van der Waals surface area contributed by atoms with Gasteiger partial charge in [0.2, 0.25) is 11.8 Å². The van der Waals surface area contributed by atoms with Crippen LogP contribution in [0, 0.1) is 11.3 Å². The summed E-state index contributed by atoms with van der Waals surface area (Å²) in [6.45, 7) is 7.57. The fourth-order valence-electron chi connectivity index (χ4n) is 5.56. The van der Waals surface area contributed by atoms with Gasteiger partial charge in [0.25, 0.3) is 0 Å². The molecular weight excluding hydrogens is 462 g/mol. The number of hydrogen-bond acceptors (Lipinski definition) is 7. The molecule has 2 unspecified atom stereocenters. The van der Waals surface area contributed by atoms with Crippen LogP contribution in [0.4, 0.5) is 4.79 Å². The number of nitrogens with zero attached hydrogens (tertiary/aromatic N) is 6. The molecule has 5 rings (SSSR count). The van der Waals surface area contributed by atoms with Gasteiger partial charge in [0.1, 0.15) is 0 Å². The predicted octanol–water partition coefficient (Wildman–Crippen LogP) is 3.24. The Balaban J connectivity index is 1.32. The molecule has 0 bridgehead atoms. The van der Waals surface area contributed by atoms with Gasteiger partial charge in [0, 0.05) is 49.9 Å². The molecule has 3 aromatic heterocycles. The van der Waals surface area contributed by atoms with Crippen LogP contribution in [-0.2, 0) is 4.79 Å². The molecule has 0 aliphatic carbocycles. The lowest BCUT2D eigenvalue weighted by molar-refractivity contribution is -0.137. The highest BCUT2D eigenvalue weighted by Gasteiger charge is 2.43. The van der Waals surface area contributed by atoms with Gasteiger partial charge in [-0.1, -0.05) is 20.8 Å². The summed E-state index contributed by atoms with van der Waals surface area (Å²) >= 11 is 0. The van der Waals surface area contributed by atoms with Crippen molar-refractivity contribution >= 4 is 22.9 Å². The average molecular weight is 494 g/mol. The van der Waals surface area contributed by atoms with Crippen LogP contribution < -0.4 is 0 Å². The number of pyridine rings is 1. The highest BCUT2D eigenvalue weighted by molar-refractivity contribution is 5.84. The second-order valence-corrected chi connectivity index (χ2v) is 10.8. The maximum Gasteiger partial charge on any atom is 0.407 e. The summed E-state index contributed by atoms with van der Waals surface area (Å²) in [5.41, 5.74) is 1.74.